The van der Waals surface area contributed by atoms with Gasteiger partial charge in [-0.25, -0.2) is 4.79 Å². The van der Waals surface area contributed by atoms with Gasteiger partial charge in [0.05, 0.1) is 0 Å². The van der Waals surface area contributed by atoms with E-state index in [1.54, 1.807) is 4.57 Å². The van der Waals surface area contributed by atoms with E-state index in [9.17, 15) is 9.59 Å². The van der Waals surface area contributed by atoms with Crippen LogP contribution in [0.4, 0.5) is 5.95 Å². The first-order valence-corrected chi connectivity index (χ1v) is 7.31. The van der Waals surface area contributed by atoms with E-state index >= 15 is 0 Å². The highest BCUT2D eigenvalue weighted by molar-refractivity contribution is 5.74. The summed E-state index contributed by atoms with van der Waals surface area (Å²) >= 11 is 0. The fraction of sp³-hybridized carbons (Fsp3) is 0.615. The van der Waals surface area contributed by atoms with Gasteiger partial charge in [0.15, 0.2) is 11.2 Å². The summed E-state index contributed by atoms with van der Waals surface area (Å²) in [7, 11) is 0. The minimum absolute atomic E-state index is 0.399. The van der Waals surface area contributed by atoms with E-state index in [2.05, 4.69) is 15.3 Å². The largest absolute Gasteiger partial charge is 0.356 e. The fourth-order valence-electron chi connectivity index (χ4n) is 2.35. The van der Waals surface area contributed by atoms with E-state index in [0.29, 0.717) is 43.3 Å². The van der Waals surface area contributed by atoms with Crippen LogP contribution in [0.3, 0.4) is 0 Å². The lowest BCUT2D eigenvalue weighted by atomic mass is 10.4. The Morgan fingerprint density at radius 1 is 1.29 bits per heavy atom. The zero-order valence-corrected chi connectivity index (χ0v) is 12.5. The van der Waals surface area contributed by atoms with E-state index < -0.39 is 11.2 Å². The normalized spacial score (nSPS) is 11.2. The Kier molecular flexibility index (Phi) is 4.79. The minimum Gasteiger partial charge on any atom is -0.356 e. The van der Waals surface area contributed by atoms with Crippen LogP contribution in [0.1, 0.15) is 26.7 Å². The van der Waals surface area contributed by atoms with Gasteiger partial charge in [0.2, 0.25) is 5.95 Å². The summed E-state index contributed by atoms with van der Waals surface area (Å²) in [6, 6.07) is 0. The van der Waals surface area contributed by atoms with Crippen molar-refractivity contribution in [1.82, 2.24) is 19.1 Å². The Bertz CT molecular complexity index is 727. The Morgan fingerprint density at radius 2 is 2.05 bits per heavy atom. The van der Waals surface area contributed by atoms with Crippen LogP contribution in [0.15, 0.2) is 9.59 Å². The molecule has 21 heavy (non-hydrogen) atoms. The Morgan fingerprint density at radius 3 is 2.67 bits per heavy atom. The van der Waals surface area contributed by atoms with Crippen LogP contribution in [0, 0.1) is 0 Å². The number of nitrogens with two attached hydrogens (primary N) is 1. The molecule has 2 rings (SSSR count). The Balaban J connectivity index is 2.62. The van der Waals surface area contributed by atoms with Crippen molar-refractivity contribution in [3.8, 4) is 0 Å². The molecule has 0 aromatic carbocycles. The summed E-state index contributed by atoms with van der Waals surface area (Å²) in [5.41, 5.74) is 5.53. The molecule has 0 amide bonds. The number of aromatic amines is 1. The van der Waals surface area contributed by atoms with Crippen molar-refractivity contribution in [3.05, 3.63) is 20.8 Å². The second kappa shape index (κ2) is 6.57. The Labute approximate surface area is 122 Å². The van der Waals surface area contributed by atoms with Crippen molar-refractivity contribution >= 4 is 17.1 Å². The zero-order chi connectivity index (χ0) is 15.4. The molecule has 0 unspecified atom stereocenters. The quantitative estimate of drug-likeness (QED) is 0.626. The molecule has 8 heteroatoms. The molecule has 0 aliphatic carbocycles. The van der Waals surface area contributed by atoms with Crippen molar-refractivity contribution in [3.63, 3.8) is 0 Å². The number of imidazole rings is 1. The van der Waals surface area contributed by atoms with Crippen LogP contribution in [-0.2, 0) is 13.1 Å². The Hall–Kier alpha value is -2.09. The third kappa shape index (κ3) is 2.85. The van der Waals surface area contributed by atoms with Gasteiger partial charge in [-0.1, -0.05) is 6.92 Å². The summed E-state index contributed by atoms with van der Waals surface area (Å²) in [6.45, 7) is 6.28. The maximum atomic E-state index is 12.1. The van der Waals surface area contributed by atoms with Crippen molar-refractivity contribution in [2.75, 3.05) is 18.4 Å². The van der Waals surface area contributed by atoms with Gasteiger partial charge in [0, 0.05) is 19.6 Å². The zero-order valence-electron chi connectivity index (χ0n) is 12.5. The summed E-state index contributed by atoms with van der Waals surface area (Å²) in [5.74, 6) is 0.599. The summed E-state index contributed by atoms with van der Waals surface area (Å²) in [6.07, 6.45) is 1.60. The number of anilines is 1. The van der Waals surface area contributed by atoms with Gasteiger partial charge in [0.25, 0.3) is 5.56 Å². The van der Waals surface area contributed by atoms with Crippen molar-refractivity contribution in [2.45, 2.75) is 39.8 Å². The first-order chi connectivity index (χ1) is 10.1. The summed E-state index contributed by atoms with van der Waals surface area (Å²) in [4.78, 5) is 30.9. The van der Waals surface area contributed by atoms with Crippen LogP contribution < -0.4 is 22.3 Å². The lowest BCUT2D eigenvalue weighted by Crippen LogP contribution is -2.31. The molecule has 0 saturated heterocycles. The van der Waals surface area contributed by atoms with E-state index in [1.807, 2.05) is 13.8 Å². The molecule has 116 valence electrons. The molecule has 4 N–H and O–H groups in total. The summed E-state index contributed by atoms with van der Waals surface area (Å²) in [5, 5.41) is 3.17. The predicted molar refractivity (Wildman–Crippen MR) is 82.7 cm³/mol. The van der Waals surface area contributed by atoms with Gasteiger partial charge in [-0.2, -0.15) is 4.98 Å². The van der Waals surface area contributed by atoms with Gasteiger partial charge in [0.1, 0.15) is 0 Å². The average Bonchev–Trinajstić information content (AvgIpc) is 2.82. The number of aromatic nitrogens is 4. The second-order valence-corrected chi connectivity index (χ2v) is 4.83. The molecule has 0 radical (unpaired) electrons. The van der Waals surface area contributed by atoms with Gasteiger partial charge in [-0.3, -0.25) is 14.3 Å². The molecule has 0 aliphatic rings. The van der Waals surface area contributed by atoms with Crippen LogP contribution in [0.5, 0.6) is 0 Å². The molecule has 8 nitrogen and oxygen atoms in total. The maximum absolute atomic E-state index is 12.1. The van der Waals surface area contributed by atoms with Gasteiger partial charge >= 0.3 is 5.69 Å². The number of hydrogen-bond acceptors (Lipinski definition) is 5. The fourth-order valence-corrected chi connectivity index (χ4v) is 2.35. The first kappa shape index (κ1) is 15.3. The number of rotatable bonds is 7. The molecule has 0 aliphatic heterocycles. The lowest BCUT2D eigenvalue weighted by Gasteiger charge is -2.07. The van der Waals surface area contributed by atoms with Crippen LogP contribution in [0.2, 0.25) is 0 Å². The van der Waals surface area contributed by atoms with Crippen LogP contribution in [0.25, 0.3) is 11.2 Å². The number of hydrogen-bond donors (Lipinski definition) is 3. The highest BCUT2D eigenvalue weighted by Gasteiger charge is 2.16. The summed E-state index contributed by atoms with van der Waals surface area (Å²) < 4.78 is 3.30. The van der Waals surface area contributed by atoms with Crippen molar-refractivity contribution in [1.29, 1.82) is 0 Å². The molecule has 0 spiro atoms. The highest BCUT2D eigenvalue weighted by Crippen LogP contribution is 2.15. The highest BCUT2D eigenvalue weighted by atomic mass is 16.2. The number of aryl methyl sites for hydroxylation is 2. The number of fused-ring (bicyclic) bond motifs is 1. The molecular weight excluding hydrogens is 272 g/mol. The van der Waals surface area contributed by atoms with E-state index in [1.165, 1.54) is 4.57 Å². The third-order valence-corrected chi connectivity index (χ3v) is 3.31. The smallest absolute Gasteiger partial charge is 0.330 e. The van der Waals surface area contributed by atoms with Crippen LogP contribution >= 0.6 is 0 Å². The maximum Gasteiger partial charge on any atom is 0.330 e. The monoisotopic (exact) mass is 294 g/mol. The molecule has 2 heterocycles. The molecule has 0 atom stereocenters. The predicted octanol–water partition coefficient (Wildman–Crippen LogP) is 0.0769. The molecule has 0 bridgehead atoms. The number of nitrogens with one attached hydrogen (secondary N) is 2. The molecule has 2 aromatic heterocycles. The van der Waals surface area contributed by atoms with Gasteiger partial charge in [-0.15, -0.1) is 0 Å². The molecular formula is C13H22N6O2. The second-order valence-electron chi connectivity index (χ2n) is 4.83. The van der Waals surface area contributed by atoms with E-state index in [4.69, 9.17) is 5.73 Å². The SMILES string of the molecule is CCCn1c(=O)[nH]c(=O)c2c1nc(NCCCN)n2CC. The standard InChI is InChI=1S/C13H22N6O2/c1-3-8-19-10-9(11(20)17-13(19)21)18(4-2)12(16-10)15-7-5-6-14/h3-8,14H2,1-2H3,(H,15,16)(H,17,20,21). The third-order valence-electron chi connectivity index (χ3n) is 3.31. The number of H-pyrrole nitrogens is 1. The molecule has 0 fully saturated rings. The van der Waals surface area contributed by atoms with E-state index in [0.717, 1.165) is 12.8 Å². The van der Waals surface area contributed by atoms with Gasteiger partial charge in [-0.05, 0) is 26.3 Å². The average molecular weight is 294 g/mol. The first-order valence-electron chi connectivity index (χ1n) is 7.31. The van der Waals surface area contributed by atoms with Crippen molar-refractivity contribution < 1.29 is 0 Å². The van der Waals surface area contributed by atoms with Crippen LogP contribution in [-0.4, -0.2) is 32.2 Å². The van der Waals surface area contributed by atoms with Gasteiger partial charge < -0.3 is 15.6 Å². The number of nitrogens with zero attached hydrogens (tertiary/aromatic N) is 3. The molecule has 0 saturated carbocycles. The lowest BCUT2D eigenvalue weighted by molar-refractivity contribution is 0.651. The minimum atomic E-state index is -0.413. The van der Waals surface area contributed by atoms with E-state index in [-0.39, 0.29) is 0 Å². The van der Waals surface area contributed by atoms with Crippen molar-refractivity contribution in [2.24, 2.45) is 5.73 Å². The molecule has 2 aromatic rings. The topological polar surface area (TPSA) is 111 Å².